The van der Waals surface area contributed by atoms with Gasteiger partial charge in [0.15, 0.2) is 0 Å². The highest BCUT2D eigenvalue weighted by Crippen LogP contribution is 2.31. The summed E-state index contributed by atoms with van der Waals surface area (Å²) < 4.78 is 7.37. The molecule has 8 heteroatoms. The number of aromatic nitrogens is 6. The molecule has 0 fully saturated rings. The smallest absolute Gasteiger partial charge is 0.133 e. The first-order valence-corrected chi connectivity index (χ1v) is 12.1. The van der Waals surface area contributed by atoms with Gasteiger partial charge in [-0.05, 0) is 44.0 Å². The molecular weight excluding hydrogens is 450 g/mol. The van der Waals surface area contributed by atoms with Gasteiger partial charge in [-0.25, -0.2) is 0 Å². The van der Waals surface area contributed by atoms with E-state index in [1.54, 1.807) is 7.11 Å². The Labute approximate surface area is 208 Å². The molecule has 180 valence electrons. The van der Waals surface area contributed by atoms with E-state index in [4.69, 9.17) is 4.74 Å². The SMILES string of the molecule is COc1cc(NC(C)CCCn2cc(-c3nccc4c3[nH]c3ccccc34)nn2)c2ncccc2c1. The van der Waals surface area contributed by atoms with Crippen LogP contribution in [-0.4, -0.2) is 43.1 Å². The number of fused-ring (bicyclic) bond motifs is 4. The van der Waals surface area contributed by atoms with Crippen molar-refractivity contribution in [1.29, 1.82) is 0 Å². The van der Waals surface area contributed by atoms with Crippen LogP contribution < -0.4 is 10.1 Å². The second-order valence-electron chi connectivity index (χ2n) is 9.06. The summed E-state index contributed by atoms with van der Waals surface area (Å²) >= 11 is 0. The predicted molar refractivity (Wildman–Crippen MR) is 143 cm³/mol. The van der Waals surface area contributed by atoms with Gasteiger partial charge in [-0.1, -0.05) is 29.5 Å². The second-order valence-corrected chi connectivity index (χ2v) is 9.06. The maximum absolute atomic E-state index is 5.47. The fourth-order valence-electron chi connectivity index (χ4n) is 4.77. The molecule has 0 amide bonds. The number of anilines is 1. The topological polar surface area (TPSA) is 93.5 Å². The highest BCUT2D eigenvalue weighted by atomic mass is 16.5. The van der Waals surface area contributed by atoms with Crippen molar-refractivity contribution >= 4 is 38.4 Å². The highest BCUT2D eigenvalue weighted by molar-refractivity contribution is 6.10. The van der Waals surface area contributed by atoms with Crippen molar-refractivity contribution in [1.82, 2.24) is 29.9 Å². The average molecular weight is 478 g/mol. The third kappa shape index (κ3) is 4.11. The minimum atomic E-state index is 0.257. The van der Waals surface area contributed by atoms with Crippen LogP contribution in [0.3, 0.4) is 0 Å². The van der Waals surface area contributed by atoms with Crippen LogP contribution in [0.15, 0.2) is 73.2 Å². The number of benzene rings is 2. The Balaban J connectivity index is 1.14. The second kappa shape index (κ2) is 9.30. The molecule has 6 aromatic rings. The van der Waals surface area contributed by atoms with E-state index in [-0.39, 0.29) is 6.04 Å². The number of H-pyrrole nitrogens is 1. The maximum Gasteiger partial charge on any atom is 0.133 e. The summed E-state index contributed by atoms with van der Waals surface area (Å²) in [5.41, 5.74) is 5.61. The molecule has 6 rings (SSSR count). The minimum absolute atomic E-state index is 0.257. The van der Waals surface area contributed by atoms with Crippen LogP contribution in [0.4, 0.5) is 5.69 Å². The standard InChI is InChI=1S/C28H27N7O/c1-18(31-24-16-20(36-2)15-19-8-5-12-29-26(19)24)7-6-14-35-17-25(33-34-35)28-27-22(11-13-30-28)21-9-3-4-10-23(21)32-27/h3-5,8-13,15-18,31-32H,6-7,14H2,1-2H3. The molecule has 2 N–H and O–H groups in total. The van der Waals surface area contributed by atoms with Gasteiger partial charge in [0.05, 0.1) is 30.0 Å². The molecule has 0 aliphatic heterocycles. The number of nitrogens with zero attached hydrogens (tertiary/aromatic N) is 5. The van der Waals surface area contributed by atoms with E-state index in [2.05, 4.69) is 55.7 Å². The molecule has 2 aromatic carbocycles. The van der Waals surface area contributed by atoms with Gasteiger partial charge in [-0.3, -0.25) is 14.6 Å². The fourth-order valence-corrected chi connectivity index (χ4v) is 4.77. The summed E-state index contributed by atoms with van der Waals surface area (Å²) in [7, 11) is 1.69. The molecule has 0 saturated carbocycles. The van der Waals surface area contributed by atoms with Gasteiger partial charge in [0.2, 0.25) is 0 Å². The van der Waals surface area contributed by atoms with Crippen LogP contribution in [0.25, 0.3) is 44.1 Å². The Kier molecular flexibility index (Phi) is 5.69. The molecular formula is C28H27N7O. The van der Waals surface area contributed by atoms with Crippen molar-refractivity contribution in [3.63, 3.8) is 0 Å². The van der Waals surface area contributed by atoms with Crippen LogP contribution in [0, 0.1) is 0 Å². The number of ether oxygens (including phenoxy) is 1. The highest BCUT2D eigenvalue weighted by Gasteiger charge is 2.14. The molecule has 4 aromatic heterocycles. The van der Waals surface area contributed by atoms with Gasteiger partial charge in [0.1, 0.15) is 17.1 Å². The summed E-state index contributed by atoms with van der Waals surface area (Å²) in [6, 6.07) is 18.6. The summed E-state index contributed by atoms with van der Waals surface area (Å²) in [6.45, 7) is 2.96. The Bertz CT molecular complexity index is 1670. The van der Waals surface area contributed by atoms with Crippen molar-refractivity contribution in [3.05, 3.63) is 73.2 Å². The summed E-state index contributed by atoms with van der Waals surface area (Å²) in [4.78, 5) is 12.7. The van der Waals surface area contributed by atoms with Crippen molar-refractivity contribution in [2.75, 3.05) is 12.4 Å². The zero-order chi connectivity index (χ0) is 24.5. The van der Waals surface area contributed by atoms with Gasteiger partial charge < -0.3 is 15.0 Å². The first-order valence-electron chi connectivity index (χ1n) is 12.1. The fraction of sp³-hybridized carbons (Fsp3) is 0.214. The number of aromatic amines is 1. The Morgan fingerprint density at radius 1 is 1.03 bits per heavy atom. The number of aryl methyl sites for hydroxylation is 1. The summed E-state index contributed by atoms with van der Waals surface area (Å²) in [5.74, 6) is 0.818. The lowest BCUT2D eigenvalue weighted by molar-refractivity contribution is 0.415. The number of methoxy groups -OCH3 is 1. The van der Waals surface area contributed by atoms with E-state index in [1.807, 2.05) is 59.7 Å². The van der Waals surface area contributed by atoms with E-state index < -0.39 is 0 Å². The van der Waals surface area contributed by atoms with Crippen LogP contribution >= 0.6 is 0 Å². The van der Waals surface area contributed by atoms with E-state index in [1.165, 1.54) is 5.39 Å². The van der Waals surface area contributed by atoms with Gasteiger partial charge >= 0.3 is 0 Å². The Hall–Kier alpha value is -4.46. The number of rotatable bonds is 8. The molecule has 1 unspecified atom stereocenters. The molecule has 4 heterocycles. The first kappa shape index (κ1) is 22.0. The van der Waals surface area contributed by atoms with Crippen LogP contribution in [0.2, 0.25) is 0 Å². The number of nitrogens with one attached hydrogen (secondary N) is 2. The molecule has 0 bridgehead atoms. The molecule has 1 atom stereocenters. The number of hydrogen-bond donors (Lipinski definition) is 2. The lowest BCUT2D eigenvalue weighted by Crippen LogP contribution is -2.16. The predicted octanol–water partition coefficient (Wildman–Crippen LogP) is 5.81. The molecule has 0 spiro atoms. The van der Waals surface area contributed by atoms with E-state index in [0.29, 0.717) is 0 Å². The number of hydrogen-bond acceptors (Lipinski definition) is 6. The lowest BCUT2D eigenvalue weighted by Gasteiger charge is -2.17. The molecule has 8 nitrogen and oxygen atoms in total. The largest absolute Gasteiger partial charge is 0.497 e. The van der Waals surface area contributed by atoms with Crippen LogP contribution in [0.1, 0.15) is 19.8 Å². The zero-order valence-electron chi connectivity index (χ0n) is 20.3. The van der Waals surface area contributed by atoms with Crippen LogP contribution in [-0.2, 0) is 6.54 Å². The molecule has 0 aliphatic rings. The number of pyridine rings is 2. The maximum atomic E-state index is 5.47. The van der Waals surface area contributed by atoms with Crippen molar-refractivity contribution < 1.29 is 4.74 Å². The van der Waals surface area contributed by atoms with Gasteiger partial charge in [0, 0.05) is 52.7 Å². The zero-order valence-corrected chi connectivity index (χ0v) is 20.3. The summed E-state index contributed by atoms with van der Waals surface area (Å²) in [5, 5.41) is 15.8. The van der Waals surface area contributed by atoms with Crippen LogP contribution in [0.5, 0.6) is 5.75 Å². The first-order chi connectivity index (χ1) is 17.7. The number of para-hydroxylation sites is 1. The third-order valence-electron chi connectivity index (χ3n) is 6.55. The van der Waals surface area contributed by atoms with Crippen molar-refractivity contribution in [2.45, 2.75) is 32.4 Å². The van der Waals surface area contributed by atoms with E-state index >= 15 is 0 Å². The normalized spacial score (nSPS) is 12.4. The Morgan fingerprint density at radius 3 is 2.86 bits per heavy atom. The van der Waals surface area contributed by atoms with E-state index in [0.717, 1.165) is 69.5 Å². The van der Waals surface area contributed by atoms with Gasteiger partial charge in [0.25, 0.3) is 0 Å². The quantitative estimate of drug-likeness (QED) is 0.287. The van der Waals surface area contributed by atoms with Crippen molar-refractivity contribution in [3.8, 4) is 17.1 Å². The summed E-state index contributed by atoms with van der Waals surface area (Å²) in [6.07, 6.45) is 7.55. The average Bonchev–Trinajstić information content (AvgIpc) is 3.53. The Morgan fingerprint density at radius 2 is 1.94 bits per heavy atom. The molecule has 0 saturated heterocycles. The minimum Gasteiger partial charge on any atom is -0.497 e. The van der Waals surface area contributed by atoms with Crippen molar-refractivity contribution in [2.24, 2.45) is 0 Å². The van der Waals surface area contributed by atoms with Gasteiger partial charge in [-0.15, -0.1) is 5.10 Å². The molecule has 36 heavy (non-hydrogen) atoms. The monoisotopic (exact) mass is 477 g/mol. The van der Waals surface area contributed by atoms with E-state index in [9.17, 15) is 0 Å². The molecule has 0 radical (unpaired) electrons. The third-order valence-corrected chi connectivity index (χ3v) is 6.55. The lowest BCUT2D eigenvalue weighted by atomic mass is 10.1. The molecule has 0 aliphatic carbocycles. The van der Waals surface area contributed by atoms with Gasteiger partial charge in [-0.2, -0.15) is 0 Å².